The largest absolute Gasteiger partial charge is 0.390 e. The predicted octanol–water partition coefficient (Wildman–Crippen LogP) is 0.933. The second kappa shape index (κ2) is 4.72. The van der Waals surface area contributed by atoms with Crippen LogP contribution in [0, 0.1) is 0 Å². The van der Waals surface area contributed by atoms with E-state index in [1.807, 2.05) is 6.07 Å². The van der Waals surface area contributed by atoms with E-state index in [1.54, 1.807) is 11.3 Å². The van der Waals surface area contributed by atoms with Crippen LogP contribution in [0.5, 0.6) is 0 Å². The molecule has 1 fully saturated rings. The van der Waals surface area contributed by atoms with Gasteiger partial charge in [0.1, 0.15) is 0 Å². The van der Waals surface area contributed by atoms with E-state index in [0.717, 1.165) is 17.6 Å². The first kappa shape index (κ1) is 10.6. The molecule has 1 saturated heterocycles. The molecule has 5 heteroatoms. The van der Waals surface area contributed by atoms with Crippen LogP contribution in [0.2, 0.25) is 0 Å². The second-order valence-electron chi connectivity index (χ2n) is 3.40. The number of hydrogen-bond acceptors (Lipinski definition) is 4. The zero-order valence-electron chi connectivity index (χ0n) is 7.66. The fourth-order valence-corrected chi connectivity index (χ4v) is 2.99. The third kappa shape index (κ3) is 2.35. The molecule has 2 rings (SSSR count). The highest BCUT2D eigenvalue weighted by Gasteiger charge is 2.24. The summed E-state index contributed by atoms with van der Waals surface area (Å²) in [6, 6.07) is 2.23. The maximum atomic E-state index is 9.55. The van der Waals surface area contributed by atoms with E-state index < -0.39 is 0 Å². The SMILES string of the molecule is O[C@@H]1CNC[C@H]1NCc1sccc1Br. The van der Waals surface area contributed by atoms with Crippen molar-refractivity contribution in [1.82, 2.24) is 10.6 Å². The molecule has 0 saturated carbocycles. The Morgan fingerprint density at radius 3 is 3.07 bits per heavy atom. The Morgan fingerprint density at radius 2 is 2.50 bits per heavy atom. The second-order valence-corrected chi connectivity index (χ2v) is 5.26. The molecule has 1 aromatic heterocycles. The van der Waals surface area contributed by atoms with Crippen LogP contribution in [-0.4, -0.2) is 30.3 Å². The molecule has 3 N–H and O–H groups in total. The summed E-state index contributed by atoms with van der Waals surface area (Å²) in [5.41, 5.74) is 0. The van der Waals surface area contributed by atoms with Gasteiger partial charge in [0.25, 0.3) is 0 Å². The van der Waals surface area contributed by atoms with Gasteiger partial charge < -0.3 is 15.7 Å². The van der Waals surface area contributed by atoms with Gasteiger partial charge in [0.15, 0.2) is 0 Å². The van der Waals surface area contributed by atoms with Gasteiger partial charge in [-0.1, -0.05) is 0 Å². The first-order valence-electron chi connectivity index (χ1n) is 4.61. The van der Waals surface area contributed by atoms with E-state index >= 15 is 0 Å². The van der Waals surface area contributed by atoms with Crippen molar-refractivity contribution in [3.8, 4) is 0 Å². The molecule has 0 spiro atoms. The molecule has 0 unspecified atom stereocenters. The van der Waals surface area contributed by atoms with E-state index in [1.165, 1.54) is 4.88 Å². The summed E-state index contributed by atoms with van der Waals surface area (Å²) < 4.78 is 1.15. The summed E-state index contributed by atoms with van der Waals surface area (Å²) in [6.07, 6.45) is -0.256. The van der Waals surface area contributed by atoms with Crippen molar-refractivity contribution in [2.24, 2.45) is 0 Å². The number of aliphatic hydroxyl groups excluding tert-OH is 1. The summed E-state index contributed by atoms with van der Waals surface area (Å²) in [5, 5.41) is 18.1. The summed E-state index contributed by atoms with van der Waals surface area (Å²) in [5.74, 6) is 0. The molecule has 3 nitrogen and oxygen atoms in total. The van der Waals surface area contributed by atoms with Crippen LogP contribution in [0.3, 0.4) is 0 Å². The molecule has 1 aliphatic heterocycles. The lowest BCUT2D eigenvalue weighted by Gasteiger charge is -2.14. The van der Waals surface area contributed by atoms with Crippen LogP contribution in [0.1, 0.15) is 4.88 Å². The molecule has 1 aliphatic rings. The Morgan fingerprint density at radius 1 is 1.64 bits per heavy atom. The third-order valence-corrected chi connectivity index (χ3v) is 4.32. The lowest BCUT2D eigenvalue weighted by molar-refractivity contribution is 0.162. The average Bonchev–Trinajstić information content (AvgIpc) is 2.72. The van der Waals surface area contributed by atoms with Gasteiger partial charge in [0.05, 0.1) is 6.10 Å². The van der Waals surface area contributed by atoms with Crippen molar-refractivity contribution in [3.63, 3.8) is 0 Å². The van der Waals surface area contributed by atoms with Crippen molar-refractivity contribution in [1.29, 1.82) is 0 Å². The van der Waals surface area contributed by atoms with Gasteiger partial charge in [0, 0.05) is 35.0 Å². The van der Waals surface area contributed by atoms with Crippen molar-refractivity contribution < 1.29 is 5.11 Å². The Balaban J connectivity index is 1.85. The minimum atomic E-state index is -0.256. The quantitative estimate of drug-likeness (QED) is 0.770. The Labute approximate surface area is 95.7 Å². The zero-order valence-corrected chi connectivity index (χ0v) is 10.1. The highest BCUT2D eigenvalue weighted by atomic mass is 79.9. The van der Waals surface area contributed by atoms with Crippen LogP contribution in [-0.2, 0) is 6.54 Å². The maximum absolute atomic E-state index is 9.55. The fourth-order valence-electron chi connectivity index (χ4n) is 1.55. The average molecular weight is 277 g/mol. The molecule has 0 amide bonds. The number of nitrogens with one attached hydrogen (secondary N) is 2. The monoisotopic (exact) mass is 276 g/mol. The number of β-amino-alcohol motifs (C(OH)–C–C–N with tert-alkyl or cyclic N) is 1. The Hall–Kier alpha value is 0.0600. The highest BCUT2D eigenvalue weighted by Crippen LogP contribution is 2.22. The first-order valence-corrected chi connectivity index (χ1v) is 6.28. The minimum absolute atomic E-state index is 0.184. The van der Waals surface area contributed by atoms with Gasteiger partial charge in [-0.15, -0.1) is 11.3 Å². The first-order chi connectivity index (χ1) is 6.77. The molecule has 2 heterocycles. The van der Waals surface area contributed by atoms with Crippen molar-refractivity contribution >= 4 is 27.3 Å². The third-order valence-electron chi connectivity index (χ3n) is 2.40. The van der Waals surface area contributed by atoms with E-state index in [4.69, 9.17) is 0 Å². The zero-order chi connectivity index (χ0) is 9.97. The van der Waals surface area contributed by atoms with E-state index in [2.05, 4.69) is 31.9 Å². The summed E-state index contributed by atoms with van der Waals surface area (Å²) in [4.78, 5) is 1.28. The standard InChI is InChI=1S/C9H13BrN2OS/c10-6-1-2-14-9(6)5-12-7-3-11-4-8(7)13/h1-2,7-8,11-13H,3-5H2/t7-,8-/m1/s1. The number of aliphatic hydroxyl groups is 1. The molecular weight excluding hydrogens is 264 g/mol. The molecule has 0 aliphatic carbocycles. The Kier molecular flexibility index (Phi) is 3.57. The molecule has 0 radical (unpaired) electrons. The minimum Gasteiger partial charge on any atom is -0.390 e. The number of rotatable bonds is 3. The lowest BCUT2D eigenvalue weighted by Crippen LogP contribution is -2.38. The normalized spacial score (nSPS) is 27.0. The van der Waals surface area contributed by atoms with Crippen molar-refractivity contribution in [2.45, 2.75) is 18.7 Å². The summed E-state index contributed by atoms with van der Waals surface area (Å²) >= 11 is 5.21. The van der Waals surface area contributed by atoms with E-state index in [-0.39, 0.29) is 12.1 Å². The van der Waals surface area contributed by atoms with Crippen LogP contribution < -0.4 is 10.6 Å². The molecule has 0 aromatic carbocycles. The van der Waals surface area contributed by atoms with Gasteiger partial charge in [-0.25, -0.2) is 0 Å². The smallest absolute Gasteiger partial charge is 0.0829 e. The number of hydrogen-bond donors (Lipinski definition) is 3. The fraction of sp³-hybridized carbons (Fsp3) is 0.556. The summed E-state index contributed by atoms with van der Waals surface area (Å²) in [6.45, 7) is 2.37. The Bertz CT molecular complexity index is 305. The molecule has 78 valence electrons. The van der Waals surface area contributed by atoms with Gasteiger partial charge in [-0.3, -0.25) is 0 Å². The maximum Gasteiger partial charge on any atom is 0.0829 e. The number of halogens is 1. The van der Waals surface area contributed by atoms with E-state index in [9.17, 15) is 5.11 Å². The van der Waals surface area contributed by atoms with Crippen LogP contribution >= 0.6 is 27.3 Å². The molecule has 14 heavy (non-hydrogen) atoms. The lowest BCUT2D eigenvalue weighted by atomic mass is 10.2. The molecule has 1 aromatic rings. The van der Waals surface area contributed by atoms with Crippen LogP contribution in [0.25, 0.3) is 0 Å². The summed E-state index contributed by atoms with van der Waals surface area (Å²) in [7, 11) is 0. The van der Waals surface area contributed by atoms with Gasteiger partial charge in [0.2, 0.25) is 0 Å². The molecule has 2 atom stereocenters. The topological polar surface area (TPSA) is 44.3 Å². The van der Waals surface area contributed by atoms with Gasteiger partial charge in [-0.05, 0) is 27.4 Å². The van der Waals surface area contributed by atoms with Crippen molar-refractivity contribution in [3.05, 3.63) is 20.8 Å². The van der Waals surface area contributed by atoms with Crippen molar-refractivity contribution in [2.75, 3.05) is 13.1 Å². The van der Waals surface area contributed by atoms with Crippen LogP contribution in [0.15, 0.2) is 15.9 Å². The van der Waals surface area contributed by atoms with E-state index in [0.29, 0.717) is 6.54 Å². The predicted molar refractivity (Wildman–Crippen MR) is 61.5 cm³/mol. The molecular formula is C9H13BrN2OS. The number of thiophene rings is 1. The highest BCUT2D eigenvalue weighted by molar-refractivity contribution is 9.10. The van der Waals surface area contributed by atoms with Crippen LogP contribution in [0.4, 0.5) is 0 Å². The molecule has 0 bridgehead atoms. The van der Waals surface area contributed by atoms with Gasteiger partial charge >= 0.3 is 0 Å². The van der Waals surface area contributed by atoms with Gasteiger partial charge in [-0.2, -0.15) is 0 Å².